The van der Waals surface area contributed by atoms with Crippen LogP contribution in [0.1, 0.15) is 11.5 Å². The second kappa shape index (κ2) is 8.32. The molecule has 1 N–H and O–H groups in total. The quantitative estimate of drug-likeness (QED) is 0.603. The summed E-state index contributed by atoms with van der Waals surface area (Å²) in [6.45, 7) is 2.31. The van der Waals surface area contributed by atoms with Gasteiger partial charge in [0, 0.05) is 30.4 Å². The van der Waals surface area contributed by atoms with Crippen LogP contribution >= 0.6 is 0 Å². The Bertz CT molecular complexity index is 1320. The Morgan fingerprint density at radius 1 is 0.853 bits per heavy atom. The highest BCUT2D eigenvalue weighted by Crippen LogP contribution is 2.48. The summed E-state index contributed by atoms with van der Waals surface area (Å²) in [5.41, 5.74) is 4.87. The van der Waals surface area contributed by atoms with Crippen molar-refractivity contribution in [2.75, 3.05) is 35.0 Å². The first kappa shape index (κ1) is 20.4. The number of nitrogens with one attached hydrogen (secondary N) is 1. The van der Waals surface area contributed by atoms with Gasteiger partial charge in [0.15, 0.2) is 5.78 Å². The Morgan fingerprint density at radius 3 is 2.35 bits per heavy atom. The largest absolute Gasteiger partial charge is 0.355 e. The highest BCUT2D eigenvalue weighted by molar-refractivity contribution is 6.28. The number of nitrogens with zero attached hydrogens (tertiary/aromatic N) is 3. The van der Waals surface area contributed by atoms with Crippen LogP contribution in [0.15, 0.2) is 108 Å². The van der Waals surface area contributed by atoms with Gasteiger partial charge < -0.3 is 10.2 Å². The molecular weight excluding hydrogens is 424 g/mol. The maximum Gasteiger partial charge on any atom is 0.261 e. The number of carbonyl (C=O) groups excluding carboxylic acids is 2. The second-order valence-electron chi connectivity index (χ2n) is 8.62. The van der Waals surface area contributed by atoms with Crippen LogP contribution in [0.25, 0.3) is 0 Å². The summed E-state index contributed by atoms with van der Waals surface area (Å²) in [5.74, 6) is -0.787. The van der Waals surface area contributed by atoms with E-state index in [-0.39, 0.29) is 23.2 Å². The third kappa shape index (κ3) is 3.40. The highest BCUT2D eigenvalue weighted by atomic mass is 16.2. The molecule has 6 rings (SSSR count). The first-order chi connectivity index (χ1) is 16.7. The molecule has 3 aromatic rings. The molecule has 6 nitrogen and oxygen atoms in total. The Kier molecular flexibility index (Phi) is 5.00. The topological polar surface area (TPSA) is 55.9 Å². The number of ketones is 1. The van der Waals surface area contributed by atoms with Gasteiger partial charge in [0.2, 0.25) is 0 Å². The summed E-state index contributed by atoms with van der Waals surface area (Å²) in [6, 6.07) is 27.7. The van der Waals surface area contributed by atoms with Crippen LogP contribution in [-0.4, -0.2) is 36.5 Å². The number of amides is 1. The van der Waals surface area contributed by atoms with Crippen molar-refractivity contribution >= 4 is 28.8 Å². The van der Waals surface area contributed by atoms with E-state index in [9.17, 15) is 9.59 Å². The summed E-state index contributed by atoms with van der Waals surface area (Å²) in [7, 11) is 0. The number of fused-ring (bicyclic) bond motifs is 3. The molecule has 0 saturated carbocycles. The fourth-order valence-electron chi connectivity index (χ4n) is 5.04. The van der Waals surface area contributed by atoms with E-state index < -0.39 is 0 Å². The van der Waals surface area contributed by atoms with Gasteiger partial charge in [-0.3, -0.25) is 14.6 Å². The van der Waals surface area contributed by atoms with Crippen LogP contribution in [0.3, 0.4) is 0 Å². The number of benzene rings is 3. The SMILES string of the molecule is O=C1C=CC2C(=C1C(=O)Nc1ccccc1)N(N1CCN(c3ccccc3)C1)c1ccccc12. The van der Waals surface area contributed by atoms with Gasteiger partial charge in [0.25, 0.3) is 5.91 Å². The minimum atomic E-state index is -0.377. The normalized spacial score (nSPS) is 19.4. The molecular formula is C28H24N4O2. The number of hydrogen-bond acceptors (Lipinski definition) is 5. The van der Waals surface area contributed by atoms with E-state index in [1.165, 1.54) is 6.08 Å². The molecule has 34 heavy (non-hydrogen) atoms. The molecule has 0 radical (unpaired) electrons. The lowest BCUT2D eigenvalue weighted by atomic mass is 9.89. The van der Waals surface area contributed by atoms with Crippen molar-refractivity contribution in [3.63, 3.8) is 0 Å². The van der Waals surface area contributed by atoms with Crippen molar-refractivity contribution in [1.29, 1.82) is 0 Å². The second-order valence-corrected chi connectivity index (χ2v) is 8.62. The Balaban J connectivity index is 1.41. The van der Waals surface area contributed by atoms with Gasteiger partial charge in [-0.05, 0) is 42.0 Å². The smallest absolute Gasteiger partial charge is 0.261 e. The molecule has 2 heterocycles. The molecule has 3 aromatic carbocycles. The van der Waals surface area contributed by atoms with Crippen molar-refractivity contribution in [2.24, 2.45) is 0 Å². The van der Waals surface area contributed by atoms with Gasteiger partial charge in [-0.1, -0.05) is 60.7 Å². The molecule has 0 aromatic heterocycles. The fourth-order valence-corrected chi connectivity index (χ4v) is 5.04. The molecule has 1 aliphatic carbocycles. The third-order valence-electron chi connectivity index (χ3n) is 6.59. The molecule has 0 spiro atoms. The lowest BCUT2D eigenvalue weighted by Crippen LogP contribution is -2.43. The average molecular weight is 449 g/mol. The molecule has 1 atom stereocenters. The Labute approximate surface area is 198 Å². The molecule has 1 saturated heterocycles. The lowest BCUT2D eigenvalue weighted by molar-refractivity contribution is -0.117. The van der Waals surface area contributed by atoms with Gasteiger partial charge in [0.1, 0.15) is 5.57 Å². The van der Waals surface area contributed by atoms with Crippen LogP contribution < -0.4 is 15.2 Å². The zero-order valence-corrected chi connectivity index (χ0v) is 18.6. The van der Waals surface area contributed by atoms with Crippen molar-refractivity contribution in [3.05, 3.63) is 114 Å². The van der Waals surface area contributed by atoms with E-state index >= 15 is 0 Å². The molecule has 168 valence electrons. The summed E-state index contributed by atoms with van der Waals surface area (Å²) in [6.07, 6.45) is 3.45. The van der Waals surface area contributed by atoms with E-state index in [0.717, 1.165) is 35.7 Å². The maximum absolute atomic E-state index is 13.4. The number of para-hydroxylation sites is 3. The molecule has 1 amide bonds. The van der Waals surface area contributed by atoms with Crippen LogP contribution in [-0.2, 0) is 9.59 Å². The summed E-state index contributed by atoms with van der Waals surface area (Å²) >= 11 is 0. The summed E-state index contributed by atoms with van der Waals surface area (Å²) in [4.78, 5) is 28.8. The van der Waals surface area contributed by atoms with E-state index in [0.29, 0.717) is 12.4 Å². The zero-order chi connectivity index (χ0) is 23.1. The summed E-state index contributed by atoms with van der Waals surface area (Å²) in [5, 5.41) is 7.25. The van der Waals surface area contributed by atoms with Crippen molar-refractivity contribution in [1.82, 2.24) is 5.01 Å². The number of allylic oxidation sites excluding steroid dienone is 2. The van der Waals surface area contributed by atoms with Gasteiger partial charge >= 0.3 is 0 Å². The Hall–Kier alpha value is -4.16. The number of hydrazine groups is 1. The van der Waals surface area contributed by atoms with Crippen LogP contribution in [0.2, 0.25) is 0 Å². The molecule has 6 heteroatoms. The molecule has 1 fully saturated rings. The third-order valence-corrected chi connectivity index (χ3v) is 6.59. The minimum absolute atomic E-state index is 0.142. The average Bonchev–Trinajstić information content (AvgIpc) is 3.48. The standard InChI is InChI=1S/C28H24N4O2/c33-25-16-15-23-22-13-7-8-14-24(22)32(31-18-17-30(19-31)21-11-5-2-6-12-21)27(23)26(25)28(34)29-20-9-3-1-4-10-20/h1-16,23H,17-19H2,(H,29,34). The zero-order valence-electron chi connectivity index (χ0n) is 18.6. The first-order valence-corrected chi connectivity index (χ1v) is 11.5. The number of anilines is 3. The first-order valence-electron chi connectivity index (χ1n) is 11.5. The van der Waals surface area contributed by atoms with Gasteiger partial charge in [-0.25, -0.2) is 0 Å². The predicted octanol–water partition coefficient (Wildman–Crippen LogP) is 4.32. The number of carbonyl (C=O) groups is 2. The van der Waals surface area contributed by atoms with E-state index in [1.807, 2.05) is 66.7 Å². The van der Waals surface area contributed by atoms with E-state index in [1.54, 1.807) is 0 Å². The van der Waals surface area contributed by atoms with Gasteiger partial charge in [0.05, 0.1) is 18.1 Å². The van der Waals surface area contributed by atoms with Gasteiger partial charge in [-0.15, -0.1) is 0 Å². The molecule has 1 unspecified atom stereocenters. The molecule has 2 aliphatic heterocycles. The van der Waals surface area contributed by atoms with Crippen LogP contribution in [0, 0.1) is 0 Å². The van der Waals surface area contributed by atoms with Crippen LogP contribution in [0.4, 0.5) is 17.1 Å². The van der Waals surface area contributed by atoms with E-state index in [4.69, 9.17) is 0 Å². The maximum atomic E-state index is 13.4. The Morgan fingerprint density at radius 2 is 1.56 bits per heavy atom. The fraction of sp³-hybridized carbons (Fsp3) is 0.143. The monoisotopic (exact) mass is 448 g/mol. The van der Waals surface area contributed by atoms with Crippen LogP contribution in [0.5, 0.6) is 0 Å². The number of rotatable bonds is 4. The highest BCUT2D eigenvalue weighted by Gasteiger charge is 2.43. The van der Waals surface area contributed by atoms with Crippen molar-refractivity contribution < 1.29 is 9.59 Å². The summed E-state index contributed by atoms with van der Waals surface area (Å²) < 4.78 is 0. The minimum Gasteiger partial charge on any atom is -0.355 e. The molecule has 0 bridgehead atoms. The van der Waals surface area contributed by atoms with Crippen molar-refractivity contribution in [3.8, 4) is 0 Å². The predicted molar refractivity (Wildman–Crippen MR) is 133 cm³/mol. The number of hydrogen-bond donors (Lipinski definition) is 1. The molecule has 3 aliphatic rings. The van der Waals surface area contributed by atoms with E-state index in [2.05, 4.69) is 44.5 Å². The van der Waals surface area contributed by atoms with Crippen molar-refractivity contribution in [2.45, 2.75) is 5.92 Å². The lowest BCUT2D eigenvalue weighted by Gasteiger charge is -2.34. The van der Waals surface area contributed by atoms with Gasteiger partial charge in [-0.2, -0.15) is 5.01 Å².